The predicted molar refractivity (Wildman–Crippen MR) is 221 cm³/mol. The maximum atomic E-state index is 13.4. The van der Waals surface area contributed by atoms with Crippen LogP contribution in [-0.2, 0) is 24.2 Å². The summed E-state index contributed by atoms with van der Waals surface area (Å²) in [5.41, 5.74) is 13.3. The highest BCUT2D eigenvalue weighted by atomic mass is 32.2. The van der Waals surface area contributed by atoms with Gasteiger partial charge < -0.3 is 31.5 Å². The lowest BCUT2D eigenvalue weighted by Gasteiger charge is -2.39. The maximum Gasteiger partial charge on any atom is 0.271 e. The summed E-state index contributed by atoms with van der Waals surface area (Å²) < 4.78 is 23.9. The van der Waals surface area contributed by atoms with Crippen molar-refractivity contribution in [1.29, 1.82) is 0 Å². The lowest BCUT2D eigenvalue weighted by Crippen LogP contribution is -2.54. The number of sulfone groups is 1. The second-order valence-corrected chi connectivity index (χ2v) is 19.4. The number of nitrogens with two attached hydrogens (primary N) is 2. The van der Waals surface area contributed by atoms with Gasteiger partial charge in [0, 0.05) is 81.2 Å². The number of nitrogens with zero attached hydrogens (tertiary/aromatic N) is 6. The van der Waals surface area contributed by atoms with E-state index in [1.165, 1.54) is 18.3 Å². The summed E-state index contributed by atoms with van der Waals surface area (Å²) in [6.45, 7) is 5.35. The van der Waals surface area contributed by atoms with E-state index in [1.54, 1.807) is 24.3 Å². The van der Waals surface area contributed by atoms with Crippen molar-refractivity contribution in [2.24, 2.45) is 40.6 Å². The maximum absolute atomic E-state index is 13.4. The van der Waals surface area contributed by atoms with Crippen LogP contribution in [0.1, 0.15) is 69.7 Å². The molecule has 6 heterocycles. The highest BCUT2D eigenvalue weighted by Gasteiger charge is 2.74. The van der Waals surface area contributed by atoms with Gasteiger partial charge in [-0.3, -0.25) is 39.0 Å². The van der Waals surface area contributed by atoms with Gasteiger partial charge in [-0.25, -0.2) is 18.4 Å². The molecule has 6 aliphatic rings. The Hall–Kier alpha value is -5.95. The molecule has 320 valence electrons. The number of rotatable bonds is 11. The smallest absolute Gasteiger partial charge is 0.271 e. The van der Waals surface area contributed by atoms with Gasteiger partial charge in [-0.15, -0.1) is 0 Å². The van der Waals surface area contributed by atoms with E-state index in [0.29, 0.717) is 30.5 Å². The van der Waals surface area contributed by atoms with E-state index in [9.17, 15) is 37.2 Å². The fourth-order valence-electron chi connectivity index (χ4n) is 10.8. The fraction of sp³-hybridized carbons (Fsp3) is 0.476. The standard InChI is InChI=1S/C42H48N10O8S/c1-61(59,60)27-7-4-25(5-8-27)46-38-35(37(44)55)45-18-32(47-38)51-14-2-3-24(20-51)42-22-49(21-30(42)34(42)36(43)54)19-23-12-15-50(16-13-23)26-6-9-28-29(17-26)41(58)52(40(28)57)31-10-11-33(53)48-39(31)56/h4-9,17-18,23-24,30-31,34H,2-3,10-16,19-22H2,1H3,(H2,43,54)(H2,44,55)(H,46,47)(H,48,53,56)/t24-,30?,31?,34?,42?/m0/s1. The van der Waals surface area contributed by atoms with Crippen LogP contribution >= 0.6 is 0 Å². The van der Waals surface area contributed by atoms with E-state index >= 15 is 0 Å². The third kappa shape index (κ3) is 7.26. The van der Waals surface area contributed by atoms with Gasteiger partial charge in [0.05, 0.1) is 22.2 Å². The predicted octanol–water partition coefficient (Wildman–Crippen LogP) is 1.29. The number of carbonyl (C=O) groups excluding carboxylic acids is 6. The number of imide groups is 2. The minimum Gasteiger partial charge on any atom is -0.371 e. The van der Waals surface area contributed by atoms with Gasteiger partial charge in [-0.05, 0) is 92.3 Å². The lowest BCUT2D eigenvalue weighted by molar-refractivity contribution is -0.136. The molecular weight excluding hydrogens is 805 g/mol. The van der Waals surface area contributed by atoms with Crippen molar-refractivity contribution in [3.63, 3.8) is 0 Å². The van der Waals surface area contributed by atoms with Gasteiger partial charge in [0.2, 0.25) is 17.7 Å². The molecule has 9 rings (SSSR count). The minimum absolute atomic E-state index is 0.0475. The third-order valence-electron chi connectivity index (χ3n) is 13.8. The zero-order valence-electron chi connectivity index (χ0n) is 33.7. The number of likely N-dealkylation sites (tertiary alicyclic amines) is 1. The van der Waals surface area contributed by atoms with Crippen LogP contribution in [0.4, 0.5) is 23.0 Å². The first-order valence-electron chi connectivity index (χ1n) is 20.7. The lowest BCUT2D eigenvalue weighted by atomic mass is 9.80. The van der Waals surface area contributed by atoms with Gasteiger partial charge in [-0.2, -0.15) is 0 Å². The molecule has 1 aliphatic carbocycles. The number of hydrogen-bond acceptors (Lipinski definition) is 14. The van der Waals surface area contributed by atoms with Crippen molar-refractivity contribution in [2.45, 2.75) is 49.5 Å². The Morgan fingerprint density at radius 3 is 2.34 bits per heavy atom. The molecule has 3 aromatic rings. The summed E-state index contributed by atoms with van der Waals surface area (Å²) in [7, 11) is -3.39. The number of nitrogens with one attached hydrogen (secondary N) is 2. The molecule has 4 saturated heterocycles. The molecule has 5 aliphatic heterocycles. The average Bonchev–Trinajstić information content (AvgIpc) is 3.60. The Morgan fingerprint density at radius 1 is 0.918 bits per heavy atom. The molecule has 5 atom stereocenters. The number of hydrogen-bond donors (Lipinski definition) is 4. The van der Waals surface area contributed by atoms with E-state index in [-0.39, 0.29) is 69.5 Å². The molecule has 5 fully saturated rings. The van der Waals surface area contributed by atoms with Gasteiger partial charge in [0.25, 0.3) is 17.7 Å². The van der Waals surface area contributed by atoms with Crippen LogP contribution in [0.3, 0.4) is 0 Å². The molecule has 0 bridgehead atoms. The van der Waals surface area contributed by atoms with Crippen molar-refractivity contribution in [3.05, 3.63) is 65.5 Å². The van der Waals surface area contributed by atoms with E-state index in [0.717, 1.165) is 75.3 Å². The first kappa shape index (κ1) is 40.5. The molecule has 61 heavy (non-hydrogen) atoms. The number of fused-ring (bicyclic) bond motifs is 2. The van der Waals surface area contributed by atoms with Gasteiger partial charge >= 0.3 is 0 Å². The molecule has 18 nitrogen and oxygen atoms in total. The zero-order chi connectivity index (χ0) is 43.0. The van der Waals surface area contributed by atoms with Crippen molar-refractivity contribution < 1.29 is 37.2 Å². The topological polar surface area (TPSA) is 251 Å². The van der Waals surface area contributed by atoms with Crippen LogP contribution in [-0.4, -0.2) is 122 Å². The van der Waals surface area contributed by atoms with E-state index in [2.05, 4.69) is 30.3 Å². The summed E-state index contributed by atoms with van der Waals surface area (Å²) in [5.74, 6) is -1.83. The Bertz CT molecular complexity index is 2470. The Labute approximate surface area is 352 Å². The van der Waals surface area contributed by atoms with E-state index < -0.39 is 45.4 Å². The molecular formula is C42H48N10O8S. The quantitative estimate of drug-likeness (QED) is 0.199. The Morgan fingerprint density at radius 2 is 1.66 bits per heavy atom. The zero-order valence-corrected chi connectivity index (χ0v) is 34.5. The number of amides is 6. The molecule has 0 radical (unpaired) electrons. The monoisotopic (exact) mass is 852 g/mol. The second kappa shape index (κ2) is 15.2. The number of primary amides is 2. The average molecular weight is 853 g/mol. The number of piperidine rings is 4. The van der Waals surface area contributed by atoms with Crippen molar-refractivity contribution >= 4 is 68.3 Å². The molecule has 1 aromatic heterocycles. The summed E-state index contributed by atoms with van der Waals surface area (Å²) >= 11 is 0. The summed E-state index contributed by atoms with van der Waals surface area (Å²) in [4.78, 5) is 93.2. The number of aromatic nitrogens is 2. The normalized spacial score (nSPS) is 26.9. The molecule has 1 saturated carbocycles. The molecule has 2 aromatic carbocycles. The van der Waals surface area contributed by atoms with Crippen molar-refractivity contribution in [2.75, 3.05) is 67.2 Å². The van der Waals surface area contributed by atoms with Gasteiger partial charge in [-0.1, -0.05) is 0 Å². The van der Waals surface area contributed by atoms with Crippen LogP contribution in [0.25, 0.3) is 0 Å². The van der Waals surface area contributed by atoms with Crippen molar-refractivity contribution in [3.8, 4) is 0 Å². The molecule has 0 spiro atoms. The largest absolute Gasteiger partial charge is 0.371 e. The Balaban J connectivity index is 0.836. The molecule has 6 amide bonds. The summed E-state index contributed by atoms with van der Waals surface area (Å²) in [6, 6.07) is 10.3. The van der Waals surface area contributed by atoms with Crippen LogP contribution in [0.2, 0.25) is 0 Å². The van der Waals surface area contributed by atoms with Crippen molar-refractivity contribution in [1.82, 2.24) is 25.1 Å². The second-order valence-electron chi connectivity index (χ2n) is 17.4. The highest BCUT2D eigenvalue weighted by molar-refractivity contribution is 7.90. The van der Waals surface area contributed by atoms with Crippen LogP contribution < -0.4 is 31.9 Å². The van der Waals surface area contributed by atoms with E-state index in [1.807, 2.05) is 6.07 Å². The highest BCUT2D eigenvalue weighted by Crippen LogP contribution is 2.68. The fourth-order valence-corrected chi connectivity index (χ4v) is 11.4. The summed E-state index contributed by atoms with van der Waals surface area (Å²) in [5, 5.41) is 5.32. The van der Waals surface area contributed by atoms with Crippen LogP contribution in [0.5, 0.6) is 0 Å². The van der Waals surface area contributed by atoms with Gasteiger partial charge in [0.1, 0.15) is 11.9 Å². The first-order valence-corrected chi connectivity index (χ1v) is 22.6. The summed E-state index contributed by atoms with van der Waals surface area (Å²) in [6.07, 6.45) is 6.50. The number of carbonyl (C=O) groups is 6. The third-order valence-corrected chi connectivity index (χ3v) is 14.9. The molecule has 6 N–H and O–H groups in total. The number of anilines is 4. The molecule has 19 heteroatoms. The SMILES string of the molecule is CS(=O)(=O)c1ccc(Nc2nc(N3CCC[C@H](C45CN(CC6CCN(c7ccc8c(c7)C(=O)N(C7CCC(=O)NC7=O)C8=O)CC6)CC4C5C(N)=O)C3)cnc2C(N)=O)cc1. The first-order chi connectivity index (χ1) is 29.1. The van der Waals surface area contributed by atoms with Gasteiger partial charge in [0.15, 0.2) is 21.3 Å². The number of benzene rings is 2. The van der Waals surface area contributed by atoms with E-state index in [4.69, 9.17) is 16.5 Å². The molecule has 4 unspecified atom stereocenters. The minimum atomic E-state index is -3.39. The van der Waals surface area contributed by atoms with Crippen LogP contribution in [0.15, 0.2) is 53.6 Å². The Kier molecular flexibility index (Phi) is 10.1. The van der Waals surface area contributed by atoms with Crippen LogP contribution in [0, 0.1) is 29.1 Å².